The summed E-state index contributed by atoms with van der Waals surface area (Å²) in [4.78, 5) is 25.6. The van der Waals surface area contributed by atoms with Crippen molar-refractivity contribution in [1.29, 1.82) is 0 Å². The zero-order valence-corrected chi connectivity index (χ0v) is 9.90. The van der Waals surface area contributed by atoms with Crippen LogP contribution in [0.1, 0.15) is 29.6 Å². The molecule has 1 aliphatic rings. The van der Waals surface area contributed by atoms with Gasteiger partial charge < -0.3 is 10.4 Å². The zero-order valence-electron chi connectivity index (χ0n) is 9.90. The third-order valence-corrected chi connectivity index (χ3v) is 3.21. The standard InChI is InChI=1S/C12H12F2N2O3/c13-9-8(3-4-15-10(9)14)11(17)16-7-2-1-6(5-7)12(18)19/h3-4,6-7H,1-2,5H2,(H,16,17)(H,18,19)/t6-,7+/m1/s1. The van der Waals surface area contributed by atoms with Crippen LogP contribution in [0.15, 0.2) is 12.3 Å². The molecule has 7 heteroatoms. The summed E-state index contributed by atoms with van der Waals surface area (Å²) in [5.74, 6) is -4.78. The molecule has 19 heavy (non-hydrogen) atoms. The van der Waals surface area contributed by atoms with E-state index in [1.165, 1.54) is 0 Å². The molecule has 1 heterocycles. The highest BCUT2D eigenvalue weighted by molar-refractivity contribution is 5.94. The molecule has 102 valence electrons. The first-order chi connectivity index (χ1) is 8.99. The van der Waals surface area contributed by atoms with Gasteiger partial charge in [0.2, 0.25) is 5.95 Å². The van der Waals surface area contributed by atoms with Crippen molar-refractivity contribution in [3.05, 3.63) is 29.6 Å². The molecule has 5 nitrogen and oxygen atoms in total. The van der Waals surface area contributed by atoms with E-state index in [0.717, 1.165) is 12.3 Å². The normalized spacial score (nSPS) is 22.2. The van der Waals surface area contributed by atoms with Crippen LogP contribution in [0.4, 0.5) is 8.78 Å². The van der Waals surface area contributed by atoms with E-state index in [0.29, 0.717) is 19.3 Å². The highest BCUT2D eigenvalue weighted by Crippen LogP contribution is 2.26. The van der Waals surface area contributed by atoms with Crippen LogP contribution in [0.25, 0.3) is 0 Å². The monoisotopic (exact) mass is 270 g/mol. The fourth-order valence-corrected chi connectivity index (χ4v) is 2.19. The van der Waals surface area contributed by atoms with Crippen molar-refractivity contribution >= 4 is 11.9 Å². The van der Waals surface area contributed by atoms with Gasteiger partial charge in [0.05, 0.1) is 11.5 Å². The van der Waals surface area contributed by atoms with Gasteiger partial charge in [-0.1, -0.05) is 0 Å². The molecule has 2 atom stereocenters. The lowest BCUT2D eigenvalue weighted by Gasteiger charge is -2.12. The number of aromatic nitrogens is 1. The molecule has 2 N–H and O–H groups in total. The number of amides is 1. The number of carboxylic acid groups (broad SMARTS) is 1. The van der Waals surface area contributed by atoms with E-state index in [1.807, 2.05) is 0 Å². The number of nitrogens with zero attached hydrogens (tertiary/aromatic N) is 1. The Kier molecular flexibility index (Phi) is 3.73. The minimum absolute atomic E-state index is 0.302. The van der Waals surface area contributed by atoms with E-state index < -0.39 is 35.1 Å². The lowest BCUT2D eigenvalue weighted by Crippen LogP contribution is -2.34. The average molecular weight is 270 g/mol. The molecule has 0 spiro atoms. The van der Waals surface area contributed by atoms with Gasteiger partial charge in [0.1, 0.15) is 0 Å². The smallest absolute Gasteiger partial charge is 0.306 e. The second kappa shape index (κ2) is 5.29. The minimum Gasteiger partial charge on any atom is -0.481 e. The molecule has 1 amide bonds. The summed E-state index contributed by atoms with van der Waals surface area (Å²) in [6.07, 6.45) is 2.28. The number of pyridine rings is 1. The Morgan fingerprint density at radius 3 is 2.74 bits per heavy atom. The van der Waals surface area contributed by atoms with Gasteiger partial charge in [0.15, 0.2) is 5.82 Å². The Bertz CT molecular complexity index is 522. The molecular formula is C12H12F2N2O3. The van der Waals surface area contributed by atoms with Crippen molar-refractivity contribution in [3.8, 4) is 0 Å². The SMILES string of the molecule is O=C(N[C@H]1CC[C@@H](C(=O)O)C1)c1ccnc(F)c1F. The van der Waals surface area contributed by atoms with Crippen LogP contribution in [-0.4, -0.2) is 28.0 Å². The van der Waals surface area contributed by atoms with Gasteiger partial charge in [-0.05, 0) is 25.3 Å². The van der Waals surface area contributed by atoms with E-state index in [-0.39, 0.29) is 6.04 Å². The topological polar surface area (TPSA) is 79.3 Å². The number of carbonyl (C=O) groups is 2. The maximum Gasteiger partial charge on any atom is 0.306 e. The number of hydrogen-bond acceptors (Lipinski definition) is 3. The van der Waals surface area contributed by atoms with Gasteiger partial charge in [0, 0.05) is 12.2 Å². The van der Waals surface area contributed by atoms with Crippen LogP contribution in [0, 0.1) is 17.7 Å². The van der Waals surface area contributed by atoms with Crippen molar-refractivity contribution in [3.63, 3.8) is 0 Å². The number of nitrogens with one attached hydrogen (secondary N) is 1. The molecule has 1 aromatic heterocycles. The van der Waals surface area contributed by atoms with Gasteiger partial charge in [-0.25, -0.2) is 9.37 Å². The highest BCUT2D eigenvalue weighted by Gasteiger charge is 2.31. The molecule has 1 aromatic rings. The van der Waals surface area contributed by atoms with Crippen LogP contribution in [0.5, 0.6) is 0 Å². The summed E-state index contributed by atoms with van der Waals surface area (Å²) >= 11 is 0. The second-order valence-electron chi connectivity index (χ2n) is 4.48. The van der Waals surface area contributed by atoms with Gasteiger partial charge in [-0.15, -0.1) is 0 Å². The van der Waals surface area contributed by atoms with E-state index in [9.17, 15) is 18.4 Å². The molecule has 1 aliphatic carbocycles. The van der Waals surface area contributed by atoms with Gasteiger partial charge >= 0.3 is 5.97 Å². The minimum atomic E-state index is -1.33. The van der Waals surface area contributed by atoms with E-state index in [1.54, 1.807) is 0 Å². The van der Waals surface area contributed by atoms with Crippen LogP contribution in [0.2, 0.25) is 0 Å². The lowest BCUT2D eigenvalue weighted by atomic mass is 10.1. The van der Waals surface area contributed by atoms with Gasteiger partial charge in [-0.2, -0.15) is 4.39 Å². The molecule has 0 bridgehead atoms. The second-order valence-corrected chi connectivity index (χ2v) is 4.48. The maximum atomic E-state index is 13.3. The quantitative estimate of drug-likeness (QED) is 0.812. The zero-order chi connectivity index (χ0) is 14.0. The summed E-state index contributed by atoms with van der Waals surface area (Å²) in [6.45, 7) is 0. The maximum absolute atomic E-state index is 13.3. The first-order valence-corrected chi connectivity index (χ1v) is 5.82. The molecule has 0 radical (unpaired) electrons. The number of carbonyl (C=O) groups excluding carboxylic acids is 1. The molecule has 1 saturated carbocycles. The Hall–Kier alpha value is -2.05. The van der Waals surface area contributed by atoms with Crippen LogP contribution < -0.4 is 5.32 Å². The number of halogens is 2. The summed E-state index contributed by atoms with van der Waals surface area (Å²) in [5.41, 5.74) is -0.425. The Morgan fingerprint density at radius 2 is 2.11 bits per heavy atom. The van der Waals surface area contributed by atoms with Crippen molar-refractivity contribution in [2.75, 3.05) is 0 Å². The third-order valence-electron chi connectivity index (χ3n) is 3.21. The molecule has 0 unspecified atom stereocenters. The molecule has 0 aliphatic heterocycles. The molecule has 1 fully saturated rings. The van der Waals surface area contributed by atoms with E-state index in [2.05, 4.69) is 10.3 Å². The largest absolute Gasteiger partial charge is 0.481 e. The Labute approximate surface area is 107 Å². The van der Waals surface area contributed by atoms with Crippen molar-refractivity contribution < 1.29 is 23.5 Å². The Balaban J connectivity index is 2.02. The third kappa shape index (κ3) is 2.86. The lowest BCUT2D eigenvalue weighted by molar-refractivity contribution is -0.141. The van der Waals surface area contributed by atoms with Gasteiger partial charge in [-0.3, -0.25) is 9.59 Å². The van der Waals surface area contributed by atoms with E-state index in [4.69, 9.17) is 5.11 Å². The predicted molar refractivity (Wildman–Crippen MR) is 60.4 cm³/mol. The van der Waals surface area contributed by atoms with E-state index >= 15 is 0 Å². The van der Waals surface area contributed by atoms with Crippen LogP contribution in [-0.2, 0) is 4.79 Å². The van der Waals surface area contributed by atoms with Crippen LogP contribution >= 0.6 is 0 Å². The summed E-state index contributed by atoms with van der Waals surface area (Å²) < 4.78 is 26.2. The fraction of sp³-hybridized carbons (Fsp3) is 0.417. The number of rotatable bonds is 3. The first-order valence-electron chi connectivity index (χ1n) is 5.82. The Morgan fingerprint density at radius 1 is 1.37 bits per heavy atom. The molecule has 0 aromatic carbocycles. The molecular weight excluding hydrogens is 258 g/mol. The van der Waals surface area contributed by atoms with Crippen molar-refractivity contribution in [1.82, 2.24) is 10.3 Å². The average Bonchev–Trinajstić information content (AvgIpc) is 2.81. The number of hydrogen-bond donors (Lipinski definition) is 2. The number of aliphatic carboxylic acids is 1. The molecule has 0 saturated heterocycles. The van der Waals surface area contributed by atoms with Crippen LogP contribution in [0.3, 0.4) is 0 Å². The summed E-state index contributed by atoms with van der Waals surface area (Å²) in [7, 11) is 0. The van der Waals surface area contributed by atoms with Gasteiger partial charge in [0.25, 0.3) is 5.91 Å². The number of carboxylic acids is 1. The summed E-state index contributed by atoms with van der Waals surface area (Å²) in [5, 5.41) is 11.3. The highest BCUT2D eigenvalue weighted by atomic mass is 19.2. The predicted octanol–water partition coefficient (Wildman–Crippen LogP) is 1.34. The van der Waals surface area contributed by atoms with Crippen molar-refractivity contribution in [2.24, 2.45) is 5.92 Å². The molecule has 2 rings (SSSR count). The first kappa shape index (κ1) is 13.4. The fourth-order valence-electron chi connectivity index (χ4n) is 2.19. The van der Waals surface area contributed by atoms with Crippen molar-refractivity contribution in [2.45, 2.75) is 25.3 Å². The summed E-state index contributed by atoms with van der Waals surface area (Å²) in [6, 6.07) is 0.751.